The maximum Gasteiger partial charge on any atom is 0.335 e. The molecule has 1 saturated heterocycles. The van der Waals surface area contributed by atoms with Crippen LogP contribution in [-0.2, 0) is 4.79 Å². The zero-order valence-corrected chi connectivity index (χ0v) is 26.6. The van der Waals surface area contributed by atoms with Crippen molar-refractivity contribution in [3.05, 3.63) is 81.7 Å². The van der Waals surface area contributed by atoms with Gasteiger partial charge >= 0.3 is 5.97 Å². The Kier molecular flexibility index (Phi) is 11.5. The highest BCUT2D eigenvalue weighted by molar-refractivity contribution is 8.26. The first-order valence-corrected chi connectivity index (χ1v) is 15.3. The quantitative estimate of drug-likeness (QED) is 0.117. The molecule has 0 spiro atoms. The van der Waals surface area contributed by atoms with Gasteiger partial charge in [0.2, 0.25) is 0 Å². The number of halogens is 1. The van der Waals surface area contributed by atoms with Crippen molar-refractivity contribution in [3.8, 4) is 28.4 Å². The highest BCUT2D eigenvalue weighted by Gasteiger charge is 2.32. The summed E-state index contributed by atoms with van der Waals surface area (Å²) in [5, 5.41) is 9.56. The number of carbonyl (C=O) groups excluding carboxylic acids is 1. The van der Waals surface area contributed by atoms with Crippen LogP contribution in [0.4, 0.5) is 0 Å². The summed E-state index contributed by atoms with van der Waals surface area (Å²) in [6, 6.07) is 17.7. The molecule has 11 heteroatoms. The summed E-state index contributed by atoms with van der Waals surface area (Å²) in [5.41, 5.74) is 2.78. The molecule has 0 radical (unpaired) electrons. The molecule has 0 saturated carbocycles. The molecule has 1 heterocycles. The number of thiocarbonyl (C=S) groups is 1. The highest BCUT2D eigenvalue weighted by Crippen LogP contribution is 2.37. The van der Waals surface area contributed by atoms with E-state index in [-0.39, 0.29) is 11.5 Å². The van der Waals surface area contributed by atoms with Gasteiger partial charge in [-0.3, -0.25) is 9.69 Å². The Bertz CT molecular complexity index is 1510. The Morgan fingerprint density at radius 2 is 1.70 bits per heavy atom. The third kappa shape index (κ3) is 8.73. The Balaban J connectivity index is 1.49. The average Bonchev–Trinajstić information content (AvgIpc) is 3.24. The Hall–Kier alpha value is -3.57. The predicted molar refractivity (Wildman–Crippen MR) is 175 cm³/mol. The number of thioether (sulfide) groups is 1. The minimum atomic E-state index is -0.992. The van der Waals surface area contributed by atoms with Crippen molar-refractivity contribution in [2.24, 2.45) is 0 Å². The SMILES string of the molecule is CCOc1ccc(-c2ccc(OCCN(C)C)c(C=C3SC(=S)N(CCCOc4ccc(C(=O)O)cc4)C3=O)c2)cc1Cl. The monoisotopic (exact) mass is 640 g/mol. The Morgan fingerprint density at radius 1 is 1.00 bits per heavy atom. The standard InChI is InChI=1S/C32H33ClN2O6S2/c1-4-39-28-13-9-23(19-26(28)33)22-8-12-27(41-17-15-34(2)3)24(18-22)20-29-30(36)35(32(42)43-29)14-5-16-40-25-10-6-21(7-11-25)31(37)38/h6-13,18-20H,4-5,14-17H2,1-3H3,(H,37,38). The normalized spacial score (nSPS) is 14.1. The van der Waals surface area contributed by atoms with Crippen LogP contribution in [0.1, 0.15) is 29.3 Å². The third-order valence-corrected chi connectivity index (χ3v) is 8.10. The number of carboxylic acids is 1. The van der Waals surface area contributed by atoms with Crippen molar-refractivity contribution in [2.75, 3.05) is 47.0 Å². The van der Waals surface area contributed by atoms with E-state index in [0.29, 0.717) is 64.3 Å². The second kappa shape index (κ2) is 15.2. The van der Waals surface area contributed by atoms with Crippen molar-refractivity contribution in [3.63, 3.8) is 0 Å². The van der Waals surface area contributed by atoms with Gasteiger partial charge in [0.15, 0.2) is 0 Å². The van der Waals surface area contributed by atoms with Gasteiger partial charge in [-0.15, -0.1) is 0 Å². The number of rotatable bonds is 14. The van der Waals surface area contributed by atoms with Gasteiger partial charge in [-0.2, -0.15) is 0 Å². The van der Waals surface area contributed by atoms with E-state index in [0.717, 1.165) is 23.2 Å². The number of benzene rings is 3. The van der Waals surface area contributed by atoms with E-state index in [9.17, 15) is 9.59 Å². The van der Waals surface area contributed by atoms with Crippen molar-refractivity contribution in [2.45, 2.75) is 13.3 Å². The van der Waals surface area contributed by atoms with Crippen molar-refractivity contribution in [1.29, 1.82) is 0 Å². The zero-order valence-electron chi connectivity index (χ0n) is 24.2. The number of aromatic carboxylic acids is 1. The molecule has 1 fully saturated rings. The molecular formula is C32H33ClN2O6S2. The van der Waals surface area contributed by atoms with Gasteiger partial charge in [0.1, 0.15) is 28.2 Å². The van der Waals surface area contributed by atoms with E-state index in [1.54, 1.807) is 17.0 Å². The summed E-state index contributed by atoms with van der Waals surface area (Å²) >= 11 is 13.3. The lowest BCUT2D eigenvalue weighted by Gasteiger charge is -2.15. The maximum atomic E-state index is 13.4. The minimum absolute atomic E-state index is 0.172. The maximum absolute atomic E-state index is 13.4. The second-order valence-electron chi connectivity index (χ2n) is 9.85. The molecule has 3 aromatic rings. The van der Waals surface area contributed by atoms with Gasteiger partial charge in [-0.05, 0) is 93.2 Å². The second-order valence-corrected chi connectivity index (χ2v) is 11.9. The molecule has 0 atom stereocenters. The summed E-state index contributed by atoms with van der Waals surface area (Å²) in [6.45, 7) is 4.40. The zero-order chi connectivity index (χ0) is 30.9. The number of carboxylic acid groups (broad SMARTS) is 1. The first-order chi connectivity index (χ1) is 20.7. The Labute approximate surface area is 266 Å². The number of carbonyl (C=O) groups is 2. The summed E-state index contributed by atoms with van der Waals surface area (Å²) in [4.78, 5) is 28.5. The topological polar surface area (TPSA) is 88.5 Å². The molecule has 8 nitrogen and oxygen atoms in total. The van der Waals surface area contributed by atoms with Crippen LogP contribution in [0.15, 0.2) is 65.6 Å². The van der Waals surface area contributed by atoms with Crippen LogP contribution in [-0.4, -0.2) is 78.1 Å². The fourth-order valence-electron chi connectivity index (χ4n) is 4.20. The molecule has 1 aliphatic heterocycles. The van der Waals surface area contributed by atoms with Crippen LogP contribution < -0.4 is 14.2 Å². The van der Waals surface area contributed by atoms with E-state index in [1.165, 1.54) is 23.9 Å². The van der Waals surface area contributed by atoms with E-state index in [2.05, 4.69) is 0 Å². The van der Waals surface area contributed by atoms with Crippen LogP contribution in [0.2, 0.25) is 5.02 Å². The molecule has 0 unspecified atom stereocenters. The van der Waals surface area contributed by atoms with Gasteiger partial charge < -0.3 is 24.2 Å². The number of nitrogens with zero attached hydrogens (tertiary/aromatic N) is 2. The highest BCUT2D eigenvalue weighted by atomic mass is 35.5. The van der Waals surface area contributed by atoms with Gasteiger partial charge in [0, 0.05) is 18.7 Å². The van der Waals surface area contributed by atoms with Crippen LogP contribution in [0, 0.1) is 0 Å². The molecule has 0 bridgehead atoms. The van der Waals surface area contributed by atoms with E-state index >= 15 is 0 Å². The Morgan fingerprint density at radius 3 is 2.35 bits per heavy atom. The molecule has 1 amide bonds. The third-order valence-electron chi connectivity index (χ3n) is 6.43. The number of likely N-dealkylation sites (N-methyl/N-ethyl adjacent to an activating group) is 1. The predicted octanol–water partition coefficient (Wildman–Crippen LogP) is 6.71. The molecular weight excluding hydrogens is 608 g/mol. The van der Waals surface area contributed by atoms with Crippen LogP contribution in [0.5, 0.6) is 17.2 Å². The minimum Gasteiger partial charge on any atom is -0.494 e. The molecule has 4 rings (SSSR count). The lowest BCUT2D eigenvalue weighted by atomic mass is 10.0. The number of ether oxygens (including phenoxy) is 3. The molecule has 0 aromatic heterocycles. The van der Waals surface area contributed by atoms with Gasteiger partial charge in [0.25, 0.3) is 5.91 Å². The summed E-state index contributed by atoms with van der Waals surface area (Å²) in [7, 11) is 3.96. The molecule has 0 aliphatic carbocycles. The summed E-state index contributed by atoms with van der Waals surface area (Å²) < 4.78 is 17.9. The van der Waals surface area contributed by atoms with Crippen LogP contribution >= 0.6 is 35.6 Å². The fraction of sp³-hybridized carbons (Fsp3) is 0.281. The number of hydrogen-bond donors (Lipinski definition) is 1. The number of hydrogen-bond acceptors (Lipinski definition) is 8. The molecule has 3 aromatic carbocycles. The van der Waals surface area contributed by atoms with E-state index in [4.69, 9.17) is 43.1 Å². The van der Waals surface area contributed by atoms with Crippen LogP contribution in [0.3, 0.4) is 0 Å². The van der Waals surface area contributed by atoms with Gasteiger partial charge in [-0.1, -0.05) is 47.7 Å². The lowest BCUT2D eigenvalue weighted by Crippen LogP contribution is -2.29. The lowest BCUT2D eigenvalue weighted by molar-refractivity contribution is -0.122. The van der Waals surface area contributed by atoms with Crippen molar-refractivity contribution < 1.29 is 28.9 Å². The number of amides is 1. The van der Waals surface area contributed by atoms with E-state index in [1.807, 2.05) is 68.4 Å². The van der Waals surface area contributed by atoms with Gasteiger partial charge in [-0.25, -0.2) is 4.79 Å². The van der Waals surface area contributed by atoms with Crippen molar-refractivity contribution in [1.82, 2.24) is 9.80 Å². The first-order valence-electron chi connectivity index (χ1n) is 13.7. The molecule has 43 heavy (non-hydrogen) atoms. The summed E-state index contributed by atoms with van der Waals surface area (Å²) in [5.74, 6) is 0.686. The van der Waals surface area contributed by atoms with Crippen LogP contribution in [0.25, 0.3) is 17.2 Å². The van der Waals surface area contributed by atoms with Gasteiger partial charge in [0.05, 0.1) is 28.7 Å². The smallest absolute Gasteiger partial charge is 0.335 e. The van der Waals surface area contributed by atoms with E-state index < -0.39 is 5.97 Å². The molecule has 1 N–H and O–H groups in total. The molecule has 1 aliphatic rings. The summed E-state index contributed by atoms with van der Waals surface area (Å²) in [6.07, 6.45) is 2.37. The largest absolute Gasteiger partial charge is 0.494 e. The fourth-order valence-corrected chi connectivity index (χ4v) is 5.74. The first kappa shape index (κ1) is 32.3. The van der Waals surface area contributed by atoms with Crippen molar-refractivity contribution >= 4 is 57.9 Å². The average molecular weight is 641 g/mol. The molecule has 226 valence electrons.